The van der Waals surface area contributed by atoms with Gasteiger partial charge >= 0.3 is 0 Å². The van der Waals surface area contributed by atoms with Crippen LogP contribution in [0.4, 0.5) is 0 Å². The van der Waals surface area contributed by atoms with Crippen molar-refractivity contribution in [3.05, 3.63) is 23.7 Å². The number of halogens is 1. The minimum Gasteiger partial charge on any atom is -0.356 e. The number of aryl methyl sites for hydroxylation is 2. The van der Waals surface area contributed by atoms with Crippen molar-refractivity contribution in [2.45, 2.75) is 12.7 Å². The predicted octanol–water partition coefficient (Wildman–Crippen LogP) is 1.45. The highest BCUT2D eigenvalue weighted by atomic mass is 35.7. The van der Waals surface area contributed by atoms with Crippen molar-refractivity contribution in [1.82, 2.24) is 14.9 Å². The summed E-state index contributed by atoms with van der Waals surface area (Å²) in [6.07, 6.45) is 1.77. The Morgan fingerprint density at radius 3 is 2.76 bits per heavy atom. The second-order valence-corrected chi connectivity index (χ2v) is 6.44. The van der Waals surface area contributed by atoms with E-state index < -0.39 is 9.05 Å². The summed E-state index contributed by atoms with van der Waals surface area (Å²) in [7, 11) is 3.30. The Labute approximate surface area is 103 Å². The lowest BCUT2D eigenvalue weighted by molar-refractivity contribution is 0.425. The fraction of sp³-hybridized carbons (Fsp3) is 0.333. The Morgan fingerprint density at radius 1 is 1.53 bits per heavy atom. The maximum Gasteiger partial charge on any atom is 0.238 e. The van der Waals surface area contributed by atoms with Gasteiger partial charge in [-0.2, -0.15) is 5.10 Å². The van der Waals surface area contributed by atoms with Crippen LogP contribution in [0.3, 0.4) is 0 Å². The molecule has 0 aliphatic carbocycles. The number of hydrogen-bond donors (Lipinski definition) is 0. The van der Waals surface area contributed by atoms with E-state index in [9.17, 15) is 8.42 Å². The van der Waals surface area contributed by atoms with Crippen LogP contribution in [-0.2, 0) is 21.9 Å². The summed E-state index contributed by atoms with van der Waals surface area (Å²) >= 11 is 0. The molecule has 0 bridgehead atoms. The first-order valence-electron chi connectivity index (χ1n) is 4.74. The first-order chi connectivity index (χ1) is 7.85. The maximum absolute atomic E-state index is 10.9. The van der Waals surface area contributed by atoms with Gasteiger partial charge in [0, 0.05) is 30.0 Å². The molecule has 0 aromatic carbocycles. The van der Waals surface area contributed by atoms with Crippen LogP contribution in [0.25, 0.3) is 11.3 Å². The van der Waals surface area contributed by atoms with Gasteiger partial charge in [-0.05, 0) is 6.92 Å². The molecule has 0 amide bonds. The molecule has 92 valence electrons. The lowest BCUT2D eigenvalue weighted by atomic mass is 10.2. The van der Waals surface area contributed by atoms with Crippen molar-refractivity contribution in [3.63, 3.8) is 0 Å². The number of rotatable bonds is 3. The Morgan fingerprint density at radius 2 is 2.24 bits per heavy atom. The van der Waals surface area contributed by atoms with Gasteiger partial charge in [-0.1, -0.05) is 5.16 Å². The molecule has 0 spiro atoms. The van der Waals surface area contributed by atoms with Gasteiger partial charge in [0.2, 0.25) is 9.05 Å². The van der Waals surface area contributed by atoms with Gasteiger partial charge in [0.1, 0.15) is 11.4 Å². The molecule has 0 fully saturated rings. The van der Waals surface area contributed by atoms with Crippen molar-refractivity contribution in [2.24, 2.45) is 7.05 Å². The van der Waals surface area contributed by atoms with Crippen LogP contribution in [0.5, 0.6) is 0 Å². The van der Waals surface area contributed by atoms with Crippen molar-refractivity contribution >= 4 is 19.7 Å². The van der Waals surface area contributed by atoms with Gasteiger partial charge < -0.3 is 4.52 Å². The average Bonchev–Trinajstić information content (AvgIpc) is 2.70. The summed E-state index contributed by atoms with van der Waals surface area (Å²) in [6, 6.07) is 1.55. The Kier molecular flexibility index (Phi) is 2.96. The van der Waals surface area contributed by atoms with E-state index in [0.717, 1.165) is 11.3 Å². The fourth-order valence-corrected chi connectivity index (χ4v) is 2.35. The molecule has 8 heteroatoms. The number of hydrogen-bond acceptors (Lipinski definition) is 5. The van der Waals surface area contributed by atoms with E-state index in [1.807, 2.05) is 6.92 Å². The molecule has 2 aromatic rings. The average molecular weight is 276 g/mol. The maximum atomic E-state index is 10.9. The molecule has 17 heavy (non-hydrogen) atoms. The van der Waals surface area contributed by atoms with Gasteiger partial charge in [-0.25, -0.2) is 8.42 Å². The Hall–Kier alpha value is -1.34. The third-order valence-corrected chi connectivity index (χ3v) is 3.13. The highest BCUT2D eigenvalue weighted by molar-refractivity contribution is 8.13. The van der Waals surface area contributed by atoms with E-state index in [1.54, 1.807) is 24.0 Å². The van der Waals surface area contributed by atoms with Crippen molar-refractivity contribution in [2.75, 3.05) is 0 Å². The zero-order valence-electron chi connectivity index (χ0n) is 9.21. The van der Waals surface area contributed by atoms with Crippen molar-refractivity contribution in [3.8, 4) is 11.3 Å². The molecule has 0 unspecified atom stereocenters. The first-order valence-corrected chi connectivity index (χ1v) is 7.21. The lowest BCUT2D eigenvalue weighted by Gasteiger charge is -1.88. The summed E-state index contributed by atoms with van der Waals surface area (Å²) in [5.74, 6) is 0.128. The molecule has 2 rings (SSSR count). The molecule has 0 N–H and O–H groups in total. The summed E-state index contributed by atoms with van der Waals surface area (Å²) in [5.41, 5.74) is 1.83. The SMILES string of the molecule is Cc1nn(C)cc1-c1cc(CS(=O)(=O)Cl)no1. The van der Waals surface area contributed by atoms with Crippen LogP contribution in [0.15, 0.2) is 16.8 Å². The van der Waals surface area contributed by atoms with Gasteiger partial charge in [0.25, 0.3) is 0 Å². The highest BCUT2D eigenvalue weighted by Crippen LogP contribution is 2.23. The third kappa shape index (κ3) is 2.86. The summed E-state index contributed by atoms with van der Waals surface area (Å²) in [6.45, 7) is 1.83. The smallest absolute Gasteiger partial charge is 0.238 e. The number of aromatic nitrogens is 3. The van der Waals surface area contributed by atoms with E-state index in [2.05, 4.69) is 10.3 Å². The zero-order valence-corrected chi connectivity index (χ0v) is 10.8. The monoisotopic (exact) mass is 275 g/mol. The molecule has 6 nitrogen and oxygen atoms in total. The molecule has 2 heterocycles. The number of nitrogens with zero attached hydrogens (tertiary/aromatic N) is 3. The van der Waals surface area contributed by atoms with E-state index in [-0.39, 0.29) is 11.4 Å². The predicted molar refractivity (Wildman–Crippen MR) is 61.9 cm³/mol. The van der Waals surface area contributed by atoms with Gasteiger partial charge in [0.05, 0.1) is 11.3 Å². The lowest BCUT2D eigenvalue weighted by Crippen LogP contribution is -1.94. The standard InChI is InChI=1S/C9H10ClN3O3S/c1-6-8(4-13(2)11-6)9-3-7(12-16-9)5-17(10,14)15/h3-4H,5H2,1-2H3. The van der Waals surface area contributed by atoms with E-state index in [4.69, 9.17) is 15.2 Å². The van der Waals surface area contributed by atoms with Crippen molar-refractivity contribution < 1.29 is 12.9 Å². The molecular formula is C9H10ClN3O3S. The second kappa shape index (κ2) is 4.15. The van der Waals surface area contributed by atoms with Crippen LogP contribution in [0.1, 0.15) is 11.4 Å². The fourth-order valence-electron chi connectivity index (χ4n) is 1.52. The molecule has 2 aromatic heterocycles. The Bertz CT molecular complexity index is 644. The van der Waals surface area contributed by atoms with Gasteiger partial charge in [0.15, 0.2) is 5.76 Å². The van der Waals surface area contributed by atoms with Crippen LogP contribution in [0.2, 0.25) is 0 Å². The minimum atomic E-state index is -3.62. The van der Waals surface area contributed by atoms with Crippen LogP contribution >= 0.6 is 10.7 Å². The van der Waals surface area contributed by atoms with E-state index >= 15 is 0 Å². The molecule has 0 radical (unpaired) electrons. The second-order valence-electron chi connectivity index (χ2n) is 3.67. The minimum absolute atomic E-state index is 0.276. The van der Waals surface area contributed by atoms with Crippen LogP contribution in [0, 0.1) is 6.92 Å². The largest absolute Gasteiger partial charge is 0.356 e. The summed E-state index contributed by atoms with van der Waals surface area (Å²) in [5, 5.41) is 7.81. The summed E-state index contributed by atoms with van der Waals surface area (Å²) < 4.78 is 28.5. The molecule has 0 aliphatic heterocycles. The summed E-state index contributed by atoms with van der Waals surface area (Å²) in [4.78, 5) is 0. The zero-order chi connectivity index (χ0) is 12.6. The third-order valence-electron chi connectivity index (χ3n) is 2.16. The Balaban J connectivity index is 2.33. The highest BCUT2D eigenvalue weighted by Gasteiger charge is 2.15. The topological polar surface area (TPSA) is 78.0 Å². The van der Waals surface area contributed by atoms with Gasteiger partial charge in [-0.15, -0.1) is 0 Å². The van der Waals surface area contributed by atoms with Crippen LogP contribution < -0.4 is 0 Å². The van der Waals surface area contributed by atoms with Gasteiger partial charge in [-0.3, -0.25) is 4.68 Å². The molecule has 0 saturated carbocycles. The normalized spacial score (nSPS) is 11.9. The molecule has 0 atom stereocenters. The molecular weight excluding hydrogens is 266 g/mol. The quantitative estimate of drug-likeness (QED) is 0.792. The van der Waals surface area contributed by atoms with Crippen LogP contribution in [-0.4, -0.2) is 23.4 Å². The first kappa shape index (κ1) is 12.1. The van der Waals surface area contributed by atoms with E-state index in [0.29, 0.717) is 5.76 Å². The van der Waals surface area contributed by atoms with E-state index in [1.165, 1.54) is 0 Å². The molecule has 0 aliphatic rings. The van der Waals surface area contributed by atoms with Crippen molar-refractivity contribution in [1.29, 1.82) is 0 Å². The molecule has 0 saturated heterocycles.